The summed E-state index contributed by atoms with van der Waals surface area (Å²) in [5.74, 6) is -0.711. The van der Waals surface area contributed by atoms with E-state index in [-0.39, 0.29) is 10.3 Å². The average molecular weight is 258 g/mol. The van der Waals surface area contributed by atoms with E-state index in [1.807, 2.05) is 0 Å². The topological polar surface area (TPSA) is 64.8 Å². The molecule has 68 valence electrons. The second kappa shape index (κ2) is 3.09. The van der Waals surface area contributed by atoms with Gasteiger partial charge in [-0.3, -0.25) is 4.68 Å². The van der Waals surface area contributed by atoms with Crippen molar-refractivity contribution >= 4 is 26.2 Å². The molecule has 0 bridgehead atoms. The zero-order valence-corrected chi connectivity index (χ0v) is 8.43. The standard InChI is InChI=1S/C4H5BrFN3O2S/c1-9-3(2-12(6,10)11)4(5)7-8-9/h2H2,1H3. The van der Waals surface area contributed by atoms with Gasteiger partial charge in [0.15, 0.2) is 4.60 Å². The van der Waals surface area contributed by atoms with Crippen molar-refractivity contribution < 1.29 is 12.3 Å². The van der Waals surface area contributed by atoms with Crippen molar-refractivity contribution in [1.29, 1.82) is 0 Å². The summed E-state index contributed by atoms with van der Waals surface area (Å²) in [6.07, 6.45) is 0. The lowest BCUT2D eigenvalue weighted by molar-refractivity contribution is 0.547. The fourth-order valence-corrected chi connectivity index (χ4v) is 1.97. The molecule has 0 saturated carbocycles. The molecule has 0 aliphatic carbocycles. The summed E-state index contributed by atoms with van der Waals surface area (Å²) in [4.78, 5) is 0. The van der Waals surface area contributed by atoms with Crippen molar-refractivity contribution in [2.75, 3.05) is 0 Å². The van der Waals surface area contributed by atoms with E-state index in [2.05, 4.69) is 26.2 Å². The Labute approximate surface area is 76.9 Å². The SMILES string of the molecule is Cn1nnc(Br)c1CS(=O)(=O)F. The van der Waals surface area contributed by atoms with Gasteiger partial charge in [-0.1, -0.05) is 5.21 Å². The summed E-state index contributed by atoms with van der Waals surface area (Å²) in [7, 11) is -3.04. The Morgan fingerprint density at radius 2 is 2.25 bits per heavy atom. The van der Waals surface area contributed by atoms with Crippen LogP contribution in [0.3, 0.4) is 0 Å². The minimum atomic E-state index is -4.52. The predicted octanol–water partition coefficient (Wildman–Crippen LogP) is 0.377. The van der Waals surface area contributed by atoms with Gasteiger partial charge in [0.05, 0.1) is 5.69 Å². The summed E-state index contributed by atoms with van der Waals surface area (Å²) >= 11 is 2.94. The van der Waals surface area contributed by atoms with Crippen LogP contribution in [-0.2, 0) is 23.0 Å². The molecule has 0 aliphatic heterocycles. The van der Waals surface area contributed by atoms with Gasteiger partial charge in [-0.2, -0.15) is 8.42 Å². The molecule has 8 heteroatoms. The molecule has 0 N–H and O–H groups in total. The molecule has 1 rings (SSSR count). The first-order valence-electron chi connectivity index (χ1n) is 2.86. The number of hydrogen-bond donors (Lipinski definition) is 0. The fourth-order valence-electron chi connectivity index (χ4n) is 0.668. The second-order valence-electron chi connectivity index (χ2n) is 2.13. The highest BCUT2D eigenvalue weighted by Gasteiger charge is 2.16. The Morgan fingerprint density at radius 3 is 2.58 bits per heavy atom. The van der Waals surface area contributed by atoms with E-state index in [0.717, 1.165) is 0 Å². The molecule has 0 radical (unpaired) electrons. The highest BCUT2D eigenvalue weighted by molar-refractivity contribution is 9.10. The Morgan fingerprint density at radius 1 is 1.67 bits per heavy atom. The van der Waals surface area contributed by atoms with E-state index in [1.54, 1.807) is 0 Å². The van der Waals surface area contributed by atoms with E-state index < -0.39 is 16.0 Å². The third-order valence-electron chi connectivity index (χ3n) is 1.20. The zero-order chi connectivity index (χ0) is 9.35. The molecule has 0 atom stereocenters. The summed E-state index contributed by atoms with van der Waals surface area (Å²) in [6, 6.07) is 0. The summed E-state index contributed by atoms with van der Waals surface area (Å²) in [6.45, 7) is 0. The van der Waals surface area contributed by atoms with Crippen molar-refractivity contribution in [1.82, 2.24) is 15.0 Å². The van der Waals surface area contributed by atoms with Gasteiger partial charge in [0, 0.05) is 7.05 Å². The summed E-state index contributed by atoms with van der Waals surface area (Å²) in [5, 5.41) is 6.99. The van der Waals surface area contributed by atoms with Gasteiger partial charge in [-0.05, 0) is 15.9 Å². The van der Waals surface area contributed by atoms with Crippen molar-refractivity contribution in [3.8, 4) is 0 Å². The van der Waals surface area contributed by atoms with Crippen LogP contribution in [0.25, 0.3) is 0 Å². The lowest BCUT2D eigenvalue weighted by atomic mass is 10.5. The summed E-state index contributed by atoms with van der Waals surface area (Å²) < 4.78 is 34.1. The van der Waals surface area contributed by atoms with Crippen molar-refractivity contribution in [3.05, 3.63) is 10.3 Å². The number of nitrogens with zero attached hydrogens (tertiary/aromatic N) is 3. The Hall–Kier alpha value is -0.500. The van der Waals surface area contributed by atoms with Crippen LogP contribution < -0.4 is 0 Å². The van der Waals surface area contributed by atoms with E-state index in [4.69, 9.17) is 0 Å². The third kappa shape index (κ3) is 2.24. The predicted molar refractivity (Wildman–Crippen MR) is 42.4 cm³/mol. The molecule has 1 heterocycles. The van der Waals surface area contributed by atoms with E-state index in [9.17, 15) is 12.3 Å². The smallest absolute Gasteiger partial charge is 0.250 e. The molecular formula is C4H5BrFN3O2S. The lowest BCUT2D eigenvalue weighted by Crippen LogP contribution is -2.04. The van der Waals surface area contributed by atoms with Crippen LogP contribution in [0.15, 0.2) is 4.60 Å². The van der Waals surface area contributed by atoms with Crippen LogP contribution in [0, 0.1) is 0 Å². The highest BCUT2D eigenvalue weighted by atomic mass is 79.9. The molecule has 0 unspecified atom stereocenters. The normalized spacial score (nSPS) is 11.9. The quantitative estimate of drug-likeness (QED) is 0.719. The van der Waals surface area contributed by atoms with Gasteiger partial charge in [-0.15, -0.1) is 8.98 Å². The Kier molecular flexibility index (Phi) is 2.47. The lowest BCUT2D eigenvalue weighted by Gasteiger charge is -1.95. The van der Waals surface area contributed by atoms with Crippen LogP contribution in [-0.4, -0.2) is 23.4 Å². The number of aromatic nitrogens is 3. The molecule has 1 aromatic rings. The molecule has 0 amide bonds. The van der Waals surface area contributed by atoms with Crippen molar-refractivity contribution in [3.63, 3.8) is 0 Å². The second-order valence-corrected chi connectivity index (χ2v) is 4.25. The minimum absolute atomic E-state index is 0.192. The zero-order valence-electron chi connectivity index (χ0n) is 6.03. The van der Waals surface area contributed by atoms with Crippen LogP contribution in [0.5, 0.6) is 0 Å². The Balaban J connectivity index is 3.04. The molecular weight excluding hydrogens is 253 g/mol. The first-order valence-corrected chi connectivity index (χ1v) is 5.21. The molecule has 0 aliphatic rings. The minimum Gasteiger partial charge on any atom is -0.250 e. The maximum absolute atomic E-state index is 12.2. The molecule has 0 aromatic carbocycles. The summed E-state index contributed by atoms with van der Waals surface area (Å²) in [5.41, 5.74) is 0.192. The van der Waals surface area contributed by atoms with E-state index in [0.29, 0.717) is 0 Å². The monoisotopic (exact) mass is 257 g/mol. The van der Waals surface area contributed by atoms with Crippen LogP contribution in [0.2, 0.25) is 0 Å². The van der Waals surface area contributed by atoms with Crippen molar-refractivity contribution in [2.24, 2.45) is 7.05 Å². The van der Waals surface area contributed by atoms with Gasteiger partial charge in [-0.25, -0.2) is 0 Å². The molecule has 0 fully saturated rings. The maximum atomic E-state index is 12.2. The average Bonchev–Trinajstić information content (AvgIpc) is 2.16. The molecule has 5 nitrogen and oxygen atoms in total. The number of hydrogen-bond acceptors (Lipinski definition) is 4. The first kappa shape index (κ1) is 9.59. The fraction of sp³-hybridized carbons (Fsp3) is 0.500. The number of aryl methyl sites for hydroxylation is 1. The van der Waals surface area contributed by atoms with Gasteiger partial charge in [0.1, 0.15) is 5.75 Å². The Bertz CT molecular complexity index is 368. The van der Waals surface area contributed by atoms with E-state index in [1.165, 1.54) is 11.7 Å². The van der Waals surface area contributed by atoms with Gasteiger partial charge in [0.2, 0.25) is 0 Å². The maximum Gasteiger partial charge on any atom is 0.308 e. The highest BCUT2D eigenvalue weighted by Crippen LogP contribution is 2.15. The number of halogens is 2. The largest absolute Gasteiger partial charge is 0.308 e. The number of rotatable bonds is 2. The molecule has 0 saturated heterocycles. The van der Waals surface area contributed by atoms with Crippen LogP contribution in [0.1, 0.15) is 5.69 Å². The van der Waals surface area contributed by atoms with Crippen molar-refractivity contribution in [2.45, 2.75) is 5.75 Å². The molecule has 12 heavy (non-hydrogen) atoms. The van der Waals surface area contributed by atoms with Gasteiger partial charge < -0.3 is 0 Å². The van der Waals surface area contributed by atoms with E-state index >= 15 is 0 Å². The van der Waals surface area contributed by atoms with Gasteiger partial charge >= 0.3 is 10.2 Å². The molecule has 1 aromatic heterocycles. The van der Waals surface area contributed by atoms with Gasteiger partial charge in [0.25, 0.3) is 0 Å². The first-order chi connectivity index (χ1) is 5.40. The third-order valence-corrected chi connectivity index (χ3v) is 2.44. The molecule has 0 spiro atoms. The van der Waals surface area contributed by atoms with Crippen LogP contribution in [0.4, 0.5) is 3.89 Å². The van der Waals surface area contributed by atoms with Crippen LogP contribution >= 0.6 is 15.9 Å².